The Morgan fingerprint density at radius 3 is 2.41 bits per heavy atom. The summed E-state index contributed by atoms with van der Waals surface area (Å²) in [6.07, 6.45) is 1.43. The fourth-order valence-electron chi connectivity index (χ4n) is 1.88. The van der Waals surface area contributed by atoms with Gasteiger partial charge in [-0.05, 0) is 6.07 Å². The monoisotopic (exact) mass is 241 g/mol. The number of fused-ring (bicyclic) bond motifs is 3. The van der Waals surface area contributed by atoms with E-state index < -0.39 is 0 Å². The Morgan fingerprint density at radius 2 is 1.65 bits per heavy atom. The summed E-state index contributed by atoms with van der Waals surface area (Å²) in [5.74, 6) is 0. The molecule has 0 aliphatic rings. The van der Waals surface area contributed by atoms with Gasteiger partial charge in [-0.2, -0.15) is 0 Å². The first-order chi connectivity index (χ1) is 8.40. The molecule has 0 fully saturated rings. The van der Waals surface area contributed by atoms with Crippen molar-refractivity contribution in [3.8, 4) is 0 Å². The lowest BCUT2D eigenvalue weighted by Gasteiger charge is -1.93. The van der Waals surface area contributed by atoms with Crippen LogP contribution in [0.15, 0.2) is 42.5 Å². The van der Waals surface area contributed by atoms with Crippen LogP contribution in [0.5, 0.6) is 0 Å². The van der Waals surface area contributed by atoms with Gasteiger partial charge in [-0.15, -0.1) is 11.3 Å². The lowest BCUT2D eigenvalue weighted by Crippen LogP contribution is -1.77. The second-order valence-corrected chi connectivity index (χ2v) is 4.52. The minimum atomic E-state index is 1.01. The van der Waals surface area contributed by atoms with Gasteiger partial charge in [-0.25, -0.2) is 0 Å². The highest BCUT2D eigenvalue weighted by Crippen LogP contribution is 2.34. The van der Waals surface area contributed by atoms with E-state index in [9.17, 15) is 0 Å². The molecular weight excluding hydrogens is 226 g/mol. The maximum absolute atomic E-state index is 7.38. The second kappa shape index (κ2) is 5.11. The van der Waals surface area contributed by atoms with Crippen LogP contribution in [0.1, 0.15) is 19.4 Å². The molecule has 1 aromatic heterocycles. The average Bonchev–Trinajstić information content (AvgIpc) is 2.79. The lowest BCUT2D eigenvalue weighted by molar-refractivity contribution is 1.50. The standard InChI is InChI=1S/C13H9NS.C2H6/c14-8-9-4-3-6-11-10-5-1-2-7-12(10)15-13(9)11;1-2/h1-8,14H;1-2H3. The van der Waals surface area contributed by atoms with Crippen LogP contribution in [-0.4, -0.2) is 6.21 Å². The average molecular weight is 241 g/mol. The van der Waals surface area contributed by atoms with E-state index in [4.69, 9.17) is 5.41 Å². The Hall–Kier alpha value is -1.67. The van der Waals surface area contributed by atoms with Crippen molar-refractivity contribution < 1.29 is 0 Å². The molecule has 0 aliphatic heterocycles. The van der Waals surface area contributed by atoms with Gasteiger partial charge in [0.1, 0.15) is 0 Å². The molecule has 0 bridgehead atoms. The van der Waals surface area contributed by atoms with Gasteiger partial charge in [0.15, 0.2) is 0 Å². The number of hydrogen-bond donors (Lipinski definition) is 1. The third-order valence-electron chi connectivity index (χ3n) is 2.59. The fourth-order valence-corrected chi connectivity index (χ4v) is 3.07. The number of thiophene rings is 1. The maximum atomic E-state index is 7.38. The Bertz CT molecular complexity index is 652. The molecule has 3 aromatic rings. The molecule has 0 atom stereocenters. The molecule has 2 heteroatoms. The summed E-state index contributed by atoms with van der Waals surface area (Å²) in [4.78, 5) is 0. The molecule has 0 saturated heterocycles. The minimum Gasteiger partial charge on any atom is -0.308 e. The maximum Gasteiger partial charge on any atom is 0.0442 e. The van der Waals surface area contributed by atoms with Gasteiger partial charge in [-0.3, -0.25) is 0 Å². The Morgan fingerprint density at radius 1 is 0.941 bits per heavy atom. The van der Waals surface area contributed by atoms with Crippen LogP contribution in [0, 0.1) is 5.41 Å². The quantitative estimate of drug-likeness (QED) is 0.575. The predicted octanol–water partition coefficient (Wildman–Crippen LogP) is 5.08. The number of benzene rings is 2. The zero-order valence-electron chi connectivity index (χ0n) is 10.0. The summed E-state index contributed by atoms with van der Waals surface area (Å²) in [7, 11) is 0. The Balaban J connectivity index is 0.000000514. The van der Waals surface area contributed by atoms with Crippen molar-refractivity contribution in [1.29, 1.82) is 5.41 Å². The third kappa shape index (κ3) is 1.96. The van der Waals surface area contributed by atoms with Gasteiger partial charge in [0, 0.05) is 32.0 Å². The van der Waals surface area contributed by atoms with Crippen LogP contribution in [0.3, 0.4) is 0 Å². The largest absolute Gasteiger partial charge is 0.308 e. The van der Waals surface area contributed by atoms with Crippen LogP contribution in [0.4, 0.5) is 0 Å². The molecule has 0 amide bonds. The van der Waals surface area contributed by atoms with E-state index in [1.165, 1.54) is 26.4 Å². The van der Waals surface area contributed by atoms with Crippen LogP contribution in [-0.2, 0) is 0 Å². The van der Waals surface area contributed by atoms with E-state index in [2.05, 4.69) is 30.3 Å². The summed E-state index contributed by atoms with van der Waals surface area (Å²) >= 11 is 1.76. The molecule has 17 heavy (non-hydrogen) atoms. The van der Waals surface area contributed by atoms with Gasteiger partial charge in [0.25, 0.3) is 0 Å². The summed E-state index contributed by atoms with van der Waals surface area (Å²) in [5, 5.41) is 9.93. The van der Waals surface area contributed by atoms with Crippen molar-refractivity contribution in [1.82, 2.24) is 0 Å². The molecule has 0 saturated carbocycles. The second-order valence-electron chi connectivity index (χ2n) is 3.47. The smallest absolute Gasteiger partial charge is 0.0442 e. The van der Waals surface area contributed by atoms with E-state index in [-0.39, 0.29) is 0 Å². The summed E-state index contributed by atoms with van der Waals surface area (Å²) in [6, 6.07) is 14.5. The van der Waals surface area contributed by atoms with Crippen LogP contribution in [0.25, 0.3) is 20.2 Å². The molecular formula is C15H15NS. The lowest BCUT2D eigenvalue weighted by atomic mass is 10.1. The van der Waals surface area contributed by atoms with Crippen LogP contribution < -0.4 is 0 Å². The van der Waals surface area contributed by atoms with E-state index in [1.54, 1.807) is 11.3 Å². The van der Waals surface area contributed by atoms with Crippen LogP contribution >= 0.6 is 11.3 Å². The molecule has 2 aromatic carbocycles. The van der Waals surface area contributed by atoms with Crippen molar-refractivity contribution in [3.05, 3.63) is 48.0 Å². The van der Waals surface area contributed by atoms with Crippen LogP contribution in [0.2, 0.25) is 0 Å². The first kappa shape index (κ1) is 11.8. The molecule has 1 nitrogen and oxygen atoms in total. The van der Waals surface area contributed by atoms with Gasteiger partial charge in [0.05, 0.1) is 0 Å². The Labute approximate surface area is 105 Å². The van der Waals surface area contributed by atoms with E-state index in [0.29, 0.717) is 0 Å². The van der Waals surface area contributed by atoms with Gasteiger partial charge in [0.2, 0.25) is 0 Å². The van der Waals surface area contributed by atoms with Gasteiger partial charge >= 0.3 is 0 Å². The molecule has 0 radical (unpaired) electrons. The van der Waals surface area contributed by atoms with Crippen molar-refractivity contribution in [2.24, 2.45) is 0 Å². The highest BCUT2D eigenvalue weighted by Gasteiger charge is 2.05. The highest BCUT2D eigenvalue weighted by atomic mass is 32.1. The van der Waals surface area contributed by atoms with Crippen molar-refractivity contribution in [3.63, 3.8) is 0 Å². The molecule has 0 spiro atoms. The highest BCUT2D eigenvalue weighted by molar-refractivity contribution is 7.26. The molecule has 86 valence electrons. The number of hydrogen-bond acceptors (Lipinski definition) is 2. The summed E-state index contributed by atoms with van der Waals surface area (Å²) in [5.41, 5.74) is 1.01. The third-order valence-corrected chi connectivity index (χ3v) is 3.83. The molecule has 1 N–H and O–H groups in total. The van der Waals surface area contributed by atoms with Crippen molar-refractivity contribution >= 4 is 37.7 Å². The Kier molecular flexibility index (Phi) is 3.55. The van der Waals surface area contributed by atoms with E-state index >= 15 is 0 Å². The zero-order chi connectivity index (χ0) is 12.3. The zero-order valence-corrected chi connectivity index (χ0v) is 10.8. The number of rotatable bonds is 1. The van der Waals surface area contributed by atoms with Crippen molar-refractivity contribution in [2.75, 3.05) is 0 Å². The van der Waals surface area contributed by atoms with Gasteiger partial charge in [-0.1, -0.05) is 50.2 Å². The number of nitrogens with one attached hydrogen (secondary N) is 1. The summed E-state index contributed by atoms with van der Waals surface area (Å²) < 4.78 is 2.51. The topological polar surface area (TPSA) is 23.9 Å². The summed E-state index contributed by atoms with van der Waals surface area (Å²) in [6.45, 7) is 4.00. The fraction of sp³-hybridized carbons (Fsp3) is 0.133. The molecule has 1 heterocycles. The molecule has 3 rings (SSSR count). The van der Waals surface area contributed by atoms with Crippen molar-refractivity contribution in [2.45, 2.75) is 13.8 Å². The normalized spacial score (nSPS) is 10.0. The van der Waals surface area contributed by atoms with Gasteiger partial charge < -0.3 is 5.41 Å². The molecule has 0 aliphatic carbocycles. The van der Waals surface area contributed by atoms with E-state index in [1.807, 2.05) is 26.0 Å². The first-order valence-electron chi connectivity index (χ1n) is 5.81. The minimum absolute atomic E-state index is 1.01. The first-order valence-corrected chi connectivity index (χ1v) is 6.62. The SMILES string of the molecule is CC.N=Cc1cccc2c1sc1ccccc12. The van der Waals surface area contributed by atoms with E-state index in [0.717, 1.165) is 5.56 Å². The molecule has 0 unspecified atom stereocenters. The predicted molar refractivity (Wildman–Crippen MR) is 78.6 cm³/mol.